The number of carbonyl (C=O) groups excluding carboxylic acids is 1. The van der Waals surface area contributed by atoms with Crippen LogP contribution in [0.1, 0.15) is 30.6 Å². The van der Waals surface area contributed by atoms with Crippen LogP contribution in [0.25, 0.3) is 10.9 Å². The second-order valence-corrected chi connectivity index (χ2v) is 9.87. The van der Waals surface area contributed by atoms with E-state index in [4.69, 9.17) is 27.5 Å². The number of carbonyl (C=O) groups is 1. The Hall–Kier alpha value is -4.55. The fourth-order valence-electron chi connectivity index (χ4n) is 4.02. The van der Waals surface area contributed by atoms with Crippen LogP contribution < -0.4 is 20.1 Å². The molecule has 0 saturated carbocycles. The molecule has 0 aliphatic rings. The average molecular weight is 559 g/mol. The Balaban J connectivity index is 1.42. The zero-order valence-corrected chi connectivity index (χ0v) is 23.4. The molecule has 206 valence electrons. The second kappa shape index (κ2) is 13.5. The molecular weight excluding hydrogens is 528 g/mol. The van der Waals surface area contributed by atoms with Crippen molar-refractivity contribution in [2.75, 3.05) is 37.4 Å². The summed E-state index contributed by atoms with van der Waals surface area (Å²) in [4.78, 5) is 27.6. The number of methoxy groups -OCH3 is 1. The number of halogens is 1. The van der Waals surface area contributed by atoms with Crippen molar-refractivity contribution in [1.82, 2.24) is 19.9 Å². The smallest absolute Gasteiger partial charge is 0.256 e. The van der Waals surface area contributed by atoms with Crippen LogP contribution in [0.4, 0.5) is 17.3 Å². The molecule has 10 heteroatoms. The van der Waals surface area contributed by atoms with Crippen LogP contribution in [-0.4, -0.2) is 52.6 Å². The number of amides is 1. The summed E-state index contributed by atoms with van der Waals surface area (Å²) >= 11 is 5.98. The summed E-state index contributed by atoms with van der Waals surface area (Å²) in [5, 5.41) is 7.26. The molecule has 0 aliphatic carbocycles. The largest absolute Gasteiger partial charge is 0.493 e. The molecule has 0 saturated heterocycles. The molecule has 2 aromatic carbocycles. The van der Waals surface area contributed by atoms with E-state index in [0.29, 0.717) is 57.4 Å². The topological polar surface area (TPSA) is 102 Å². The normalized spacial score (nSPS) is 10.7. The number of hydrogen-bond acceptors (Lipinski definition) is 8. The zero-order chi connectivity index (χ0) is 28.5. The maximum atomic E-state index is 12.5. The number of ether oxygens (including phenoxy) is 2. The highest BCUT2D eigenvalue weighted by molar-refractivity contribution is 6.31. The average Bonchev–Trinajstić information content (AvgIpc) is 2.95. The lowest BCUT2D eigenvalue weighted by molar-refractivity contribution is 0.102. The minimum absolute atomic E-state index is 0.299. The van der Waals surface area contributed by atoms with Crippen molar-refractivity contribution in [2.24, 2.45) is 5.92 Å². The summed E-state index contributed by atoms with van der Waals surface area (Å²) in [6.07, 6.45) is 9.47. The minimum Gasteiger partial charge on any atom is -0.493 e. The first-order chi connectivity index (χ1) is 19.4. The number of anilines is 3. The van der Waals surface area contributed by atoms with Crippen LogP contribution in [0.3, 0.4) is 0 Å². The van der Waals surface area contributed by atoms with Crippen LogP contribution in [0, 0.1) is 18.4 Å². The molecule has 9 nitrogen and oxygen atoms in total. The van der Waals surface area contributed by atoms with Gasteiger partial charge in [0.2, 0.25) is 0 Å². The monoisotopic (exact) mass is 558 g/mol. The molecule has 0 fully saturated rings. The molecule has 40 heavy (non-hydrogen) atoms. The summed E-state index contributed by atoms with van der Waals surface area (Å²) in [7, 11) is 1.59. The zero-order valence-electron chi connectivity index (χ0n) is 22.6. The van der Waals surface area contributed by atoms with Gasteiger partial charge in [-0.1, -0.05) is 37.9 Å². The Labute approximate surface area is 238 Å². The highest BCUT2D eigenvalue weighted by Crippen LogP contribution is 2.34. The summed E-state index contributed by atoms with van der Waals surface area (Å²) in [6, 6.07) is 16.6. The number of terminal acetylenes is 1. The van der Waals surface area contributed by atoms with E-state index >= 15 is 0 Å². The van der Waals surface area contributed by atoms with Gasteiger partial charge in [0.1, 0.15) is 18.0 Å². The van der Waals surface area contributed by atoms with Crippen LogP contribution in [0.15, 0.2) is 61.1 Å². The van der Waals surface area contributed by atoms with Crippen molar-refractivity contribution in [1.29, 1.82) is 0 Å². The molecule has 0 bridgehead atoms. The Morgan fingerprint density at radius 1 is 1.12 bits per heavy atom. The van der Waals surface area contributed by atoms with Crippen LogP contribution in [0.5, 0.6) is 11.5 Å². The second-order valence-electron chi connectivity index (χ2n) is 9.44. The maximum absolute atomic E-state index is 12.5. The number of aromatic nitrogens is 3. The number of nitrogens with zero attached hydrogens (tertiary/aromatic N) is 4. The number of pyridine rings is 1. The standard InChI is InChI=1S/C30H31ClN6O3/c1-5-37(18-20(2)3)12-7-13-40-27-16-25-24(15-26(27)39-4)29(34-19-33-25)35-23-10-11-28(32-17-23)36-30(38)21-8-6-9-22(31)14-21/h1,6,8-11,14-17,19-20H,7,12-13,18H2,2-4H3,(H,32,36,38)(H,33,34,35). The minimum atomic E-state index is -0.299. The lowest BCUT2D eigenvalue weighted by atomic mass is 10.2. The number of rotatable bonds is 12. The highest BCUT2D eigenvalue weighted by atomic mass is 35.5. The SMILES string of the molecule is C#CN(CCCOc1cc2ncnc(Nc3ccc(NC(=O)c4cccc(Cl)c4)nc3)c2cc1OC)CC(C)C. The Kier molecular flexibility index (Phi) is 9.60. The molecule has 2 N–H and O–H groups in total. The van der Waals surface area contributed by atoms with Crippen LogP contribution in [-0.2, 0) is 0 Å². The lowest BCUT2D eigenvalue weighted by Crippen LogP contribution is -2.25. The van der Waals surface area contributed by atoms with Crippen molar-refractivity contribution in [3.8, 4) is 24.0 Å². The summed E-state index contributed by atoms with van der Waals surface area (Å²) in [5.74, 6) is 2.34. The summed E-state index contributed by atoms with van der Waals surface area (Å²) < 4.78 is 11.6. The first-order valence-corrected chi connectivity index (χ1v) is 13.2. The Morgan fingerprint density at radius 2 is 1.98 bits per heavy atom. The fraction of sp³-hybridized carbons (Fsp3) is 0.267. The highest BCUT2D eigenvalue weighted by Gasteiger charge is 2.13. The van der Waals surface area contributed by atoms with Gasteiger partial charge >= 0.3 is 0 Å². The first-order valence-electron chi connectivity index (χ1n) is 12.8. The van der Waals surface area contributed by atoms with Gasteiger partial charge in [0.25, 0.3) is 5.91 Å². The van der Waals surface area contributed by atoms with Crippen molar-refractivity contribution in [3.05, 3.63) is 71.6 Å². The van der Waals surface area contributed by atoms with E-state index in [2.05, 4.69) is 45.5 Å². The summed E-state index contributed by atoms with van der Waals surface area (Å²) in [6.45, 7) is 6.36. The molecule has 0 unspecified atom stereocenters. The van der Waals surface area contributed by atoms with E-state index in [1.54, 1.807) is 49.7 Å². The van der Waals surface area contributed by atoms with Gasteiger partial charge in [0.05, 0.1) is 31.1 Å². The van der Waals surface area contributed by atoms with Gasteiger partial charge in [-0.05, 0) is 48.7 Å². The van der Waals surface area contributed by atoms with E-state index in [0.717, 1.165) is 24.9 Å². The molecule has 0 radical (unpaired) electrons. The van der Waals surface area contributed by atoms with Crippen molar-refractivity contribution < 1.29 is 14.3 Å². The predicted octanol–water partition coefficient (Wildman–Crippen LogP) is 6.00. The molecular formula is C30H31ClN6O3. The third kappa shape index (κ3) is 7.52. The first kappa shape index (κ1) is 28.5. The third-order valence-corrected chi connectivity index (χ3v) is 6.11. The Bertz CT molecular complexity index is 1500. The van der Waals surface area contributed by atoms with E-state index in [1.807, 2.05) is 17.0 Å². The van der Waals surface area contributed by atoms with Gasteiger partial charge in [-0.3, -0.25) is 4.79 Å². The number of benzene rings is 2. The molecule has 1 amide bonds. The molecule has 4 rings (SSSR count). The summed E-state index contributed by atoms with van der Waals surface area (Å²) in [5.41, 5.74) is 1.82. The number of nitrogens with one attached hydrogen (secondary N) is 2. The molecule has 2 aromatic heterocycles. The number of fused-ring (bicyclic) bond motifs is 1. The molecule has 0 atom stereocenters. The van der Waals surface area contributed by atoms with Crippen molar-refractivity contribution in [3.63, 3.8) is 0 Å². The van der Waals surface area contributed by atoms with Crippen LogP contribution in [0.2, 0.25) is 5.02 Å². The Morgan fingerprint density at radius 3 is 2.67 bits per heavy atom. The predicted molar refractivity (Wildman–Crippen MR) is 158 cm³/mol. The molecule has 4 aromatic rings. The van der Waals surface area contributed by atoms with Gasteiger partial charge in [-0.15, -0.1) is 0 Å². The van der Waals surface area contributed by atoms with E-state index < -0.39 is 0 Å². The lowest BCUT2D eigenvalue weighted by Gasteiger charge is -2.20. The van der Waals surface area contributed by atoms with Crippen molar-refractivity contribution >= 4 is 45.7 Å². The maximum Gasteiger partial charge on any atom is 0.256 e. The third-order valence-electron chi connectivity index (χ3n) is 5.87. The number of hydrogen-bond donors (Lipinski definition) is 2. The van der Waals surface area contributed by atoms with Gasteiger partial charge < -0.3 is 25.0 Å². The quantitative estimate of drug-likeness (QED) is 0.124. The van der Waals surface area contributed by atoms with E-state index in [-0.39, 0.29) is 5.91 Å². The van der Waals surface area contributed by atoms with Gasteiger partial charge in [-0.25, -0.2) is 15.0 Å². The fourth-order valence-corrected chi connectivity index (χ4v) is 4.21. The molecule has 2 heterocycles. The van der Waals surface area contributed by atoms with Gasteiger partial charge in [0, 0.05) is 41.2 Å². The van der Waals surface area contributed by atoms with Gasteiger partial charge in [0.15, 0.2) is 11.5 Å². The van der Waals surface area contributed by atoms with Crippen molar-refractivity contribution in [2.45, 2.75) is 20.3 Å². The molecule has 0 spiro atoms. The van der Waals surface area contributed by atoms with Gasteiger partial charge in [-0.2, -0.15) is 0 Å². The van der Waals surface area contributed by atoms with Crippen LogP contribution >= 0.6 is 11.6 Å². The van der Waals surface area contributed by atoms with E-state index in [9.17, 15) is 4.79 Å². The van der Waals surface area contributed by atoms with E-state index in [1.165, 1.54) is 6.33 Å². The molecule has 0 aliphatic heterocycles.